The van der Waals surface area contributed by atoms with E-state index >= 15 is 0 Å². The van der Waals surface area contributed by atoms with Crippen molar-refractivity contribution in [2.24, 2.45) is 5.92 Å². The molecular weight excluding hydrogens is 282 g/mol. The van der Waals surface area contributed by atoms with Crippen LogP contribution in [0.1, 0.15) is 12.8 Å². The number of hydrogen-bond donors (Lipinski definition) is 1. The van der Waals surface area contributed by atoms with Gasteiger partial charge in [0.1, 0.15) is 10.7 Å². The Morgan fingerprint density at radius 3 is 2.95 bits per heavy atom. The average molecular weight is 299 g/mol. The number of methoxy groups -OCH3 is 1. The summed E-state index contributed by atoms with van der Waals surface area (Å²) in [6.07, 6.45) is 2.67. The van der Waals surface area contributed by atoms with Crippen molar-refractivity contribution in [1.82, 2.24) is 9.29 Å². The van der Waals surface area contributed by atoms with Gasteiger partial charge in [0.25, 0.3) is 0 Å². The fourth-order valence-electron chi connectivity index (χ4n) is 2.28. The number of ether oxygens (including phenoxy) is 1. The highest BCUT2D eigenvalue weighted by Crippen LogP contribution is 2.26. The Morgan fingerprint density at radius 2 is 2.30 bits per heavy atom. The molecule has 1 fully saturated rings. The maximum Gasteiger partial charge on any atom is 0.309 e. The monoisotopic (exact) mass is 299 g/mol. The van der Waals surface area contributed by atoms with E-state index < -0.39 is 15.9 Å². The largest absolute Gasteiger partial charge is 0.469 e. The summed E-state index contributed by atoms with van der Waals surface area (Å²) in [6.45, 7) is 0.480. The Labute approximate surface area is 117 Å². The number of nitrogen functional groups attached to an aromatic ring is 1. The molecule has 0 spiro atoms. The number of nitrogens with zero attached hydrogens (tertiary/aromatic N) is 2. The molecule has 1 atom stereocenters. The van der Waals surface area contributed by atoms with Crippen molar-refractivity contribution < 1.29 is 17.9 Å². The normalized spacial score (nSPS) is 20.6. The van der Waals surface area contributed by atoms with Crippen molar-refractivity contribution >= 4 is 21.8 Å². The van der Waals surface area contributed by atoms with Crippen molar-refractivity contribution in [3.8, 4) is 0 Å². The van der Waals surface area contributed by atoms with Crippen molar-refractivity contribution in [3.05, 3.63) is 18.3 Å². The Morgan fingerprint density at radius 1 is 1.55 bits per heavy atom. The lowest BCUT2D eigenvalue weighted by atomic mass is 10.0. The van der Waals surface area contributed by atoms with Crippen LogP contribution in [-0.2, 0) is 19.6 Å². The van der Waals surface area contributed by atoms with E-state index in [1.807, 2.05) is 0 Å². The van der Waals surface area contributed by atoms with E-state index in [0.29, 0.717) is 19.4 Å². The zero-order chi connectivity index (χ0) is 14.8. The molecule has 0 aromatic carbocycles. The van der Waals surface area contributed by atoms with Gasteiger partial charge < -0.3 is 10.5 Å². The van der Waals surface area contributed by atoms with Gasteiger partial charge in [0.2, 0.25) is 10.0 Å². The van der Waals surface area contributed by atoms with Gasteiger partial charge in [0.05, 0.1) is 13.0 Å². The lowest BCUT2D eigenvalue weighted by Crippen LogP contribution is -2.42. The number of sulfonamides is 1. The number of hydrogen-bond acceptors (Lipinski definition) is 6. The van der Waals surface area contributed by atoms with Crippen LogP contribution in [-0.4, -0.2) is 43.9 Å². The number of rotatable bonds is 3. The van der Waals surface area contributed by atoms with Crippen LogP contribution in [0.15, 0.2) is 23.2 Å². The van der Waals surface area contributed by atoms with Gasteiger partial charge in [-0.05, 0) is 25.0 Å². The molecule has 1 unspecified atom stereocenters. The number of piperidine rings is 1. The van der Waals surface area contributed by atoms with E-state index in [1.165, 1.54) is 29.7 Å². The number of pyridine rings is 1. The molecule has 8 heteroatoms. The minimum Gasteiger partial charge on any atom is -0.469 e. The lowest BCUT2D eigenvalue weighted by molar-refractivity contribution is -0.146. The number of carbonyl (C=O) groups is 1. The van der Waals surface area contributed by atoms with Crippen molar-refractivity contribution in [1.29, 1.82) is 0 Å². The van der Waals surface area contributed by atoms with E-state index in [-0.39, 0.29) is 23.2 Å². The molecule has 1 aliphatic rings. The van der Waals surface area contributed by atoms with Gasteiger partial charge in [-0.25, -0.2) is 13.4 Å². The molecule has 7 nitrogen and oxygen atoms in total. The quantitative estimate of drug-likeness (QED) is 0.802. The van der Waals surface area contributed by atoms with Gasteiger partial charge in [-0.3, -0.25) is 4.79 Å². The van der Waals surface area contributed by atoms with Crippen LogP contribution in [0.3, 0.4) is 0 Å². The van der Waals surface area contributed by atoms with Gasteiger partial charge in [-0.15, -0.1) is 0 Å². The summed E-state index contributed by atoms with van der Waals surface area (Å²) in [6, 6.07) is 2.93. The molecule has 1 aromatic heterocycles. The first-order chi connectivity index (χ1) is 9.46. The van der Waals surface area contributed by atoms with Crippen LogP contribution < -0.4 is 5.73 Å². The first kappa shape index (κ1) is 14.7. The second-order valence-electron chi connectivity index (χ2n) is 4.61. The van der Waals surface area contributed by atoms with Gasteiger partial charge in [0.15, 0.2) is 0 Å². The number of aromatic nitrogens is 1. The molecule has 1 aromatic rings. The van der Waals surface area contributed by atoms with Gasteiger partial charge in [0, 0.05) is 19.3 Å². The van der Waals surface area contributed by atoms with Crippen LogP contribution >= 0.6 is 0 Å². The van der Waals surface area contributed by atoms with E-state index in [1.54, 1.807) is 0 Å². The Balaban J connectivity index is 2.26. The van der Waals surface area contributed by atoms with E-state index in [4.69, 9.17) is 5.73 Å². The first-order valence-electron chi connectivity index (χ1n) is 6.25. The van der Waals surface area contributed by atoms with Crippen LogP contribution in [0.25, 0.3) is 0 Å². The number of anilines is 1. The number of nitrogens with two attached hydrogens (primary N) is 1. The molecule has 2 N–H and O–H groups in total. The molecule has 2 rings (SSSR count). The molecule has 20 heavy (non-hydrogen) atoms. The van der Waals surface area contributed by atoms with E-state index in [2.05, 4.69) is 9.72 Å². The predicted octanol–water partition coefficient (Wildman–Crippen LogP) is 0.238. The van der Waals surface area contributed by atoms with Gasteiger partial charge in [-0.1, -0.05) is 0 Å². The fraction of sp³-hybridized carbons (Fsp3) is 0.500. The highest BCUT2D eigenvalue weighted by atomic mass is 32.2. The Kier molecular flexibility index (Phi) is 4.24. The highest BCUT2D eigenvalue weighted by molar-refractivity contribution is 7.89. The van der Waals surface area contributed by atoms with Crippen LogP contribution in [0.5, 0.6) is 0 Å². The molecule has 0 radical (unpaired) electrons. The summed E-state index contributed by atoms with van der Waals surface area (Å²) in [4.78, 5) is 15.3. The molecule has 0 amide bonds. The molecule has 110 valence electrons. The summed E-state index contributed by atoms with van der Waals surface area (Å²) < 4.78 is 31.0. The third-order valence-electron chi connectivity index (χ3n) is 3.34. The van der Waals surface area contributed by atoms with Crippen molar-refractivity contribution in [3.63, 3.8) is 0 Å². The minimum absolute atomic E-state index is 0.0227. The summed E-state index contributed by atoms with van der Waals surface area (Å²) in [5, 5.41) is 0. The first-order valence-corrected chi connectivity index (χ1v) is 7.69. The second-order valence-corrected chi connectivity index (χ2v) is 6.52. The van der Waals surface area contributed by atoms with Crippen LogP contribution in [0.4, 0.5) is 5.82 Å². The van der Waals surface area contributed by atoms with Crippen LogP contribution in [0.2, 0.25) is 0 Å². The molecule has 1 saturated heterocycles. The molecule has 2 heterocycles. The SMILES string of the molecule is COC(=O)C1CCCN(S(=O)(=O)c2cccnc2N)C1. The summed E-state index contributed by atoms with van der Waals surface area (Å²) in [5.41, 5.74) is 5.63. The highest BCUT2D eigenvalue weighted by Gasteiger charge is 2.34. The molecule has 0 saturated carbocycles. The summed E-state index contributed by atoms with van der Waals surface area (Å²) in [5.74, 6) is -0.849. The lowest BCUT2D eigenvalue weighted by Gasteiger charge is -2.30. The van der Waals surface area contributed by atoms with E-state index in [0.717, 1.165) is 0 Å². The fourth-order valence-corrected chi connectivity index (χ4v) is 3.87. The molecule has 0 aliphatic carbocycles. The van der Waals surface area contributed by atoms with Crippen molar-refractivity contribution in [2.45, 2.75) is 17.7 Å². The third-order valence-corrected chi connectivity index (χ3v) is 5.25. The second kappa shape index (κ2) is 5.76. The zero-order valence-electron chi connectivity index (χ0n) is 11.2. The predicted molar refractivity (Wildman–Crippen MR) is 72.1 cm³/mol. The van der Waals surface area contributed by atoms with Gasteiger partial charge >= 0.3 is 5.97 Å². The zero-order valence-corrected chi connectivity index (χ0v) is 12.0. The Hall–Kier alpha value is -1.67. The van der Waals surface area contributed by atoms with E-state index in [9.17, 15) is 13.2 Å². The van der Waals surface area contributed by atoms with Gasteiger partial charge in [-0.2, -0.15) is 4.31 Å². The number of esters is 1. The maximum absolute atomic E-state index is 12.5. The smallest absolute Gasteiger partial charge is 0.309 e. The third kappa shape index (κ3) is 2.75. The summed E-state index contributed by atoms with van der Waals surface area (Å²) >= 11 is 0. The molecule has 1 aliphatic heterocycles. The summed E-state index contributed by atoms with van der Waals surface area (Å²) in [7, 11) is -2.43. The molecular formula is C12H17N3O4S. The topological polar surface area (TPSA) is 103 Å². The molecule has 0 bridgehead atoms. The minimum atomic E-state index is -3.73. The van der Waals surface area contributed by atoms with Crippen molar-refractivity contribution in [2.75, 3.05) is 25.9 Å². The number of carbonyl (C=O) groups excluding carboxylic acids is 1. The maximum atomic E-state index is 12.5. The van der Waals surface area contributed by atoms with Crippen LogP contribution in [0, 0.1) is 5.92 Å². The Bertz CT molecular complexity index is 602. The standard InChI is InChI=1S/C12H17N3O4S/c1-19-12(16)9-4-3-7-15(8-9)20(17,18)10-5-2-6-14-11(10)13/h2,5-6,9H,3-4,7-8H2,1H3,(H2,13,14). The average Bonchev–Trinajstić information content (AvgIpc) is 2.47.